The minimum atomic E-state index is -0.960. The molecule has 9 heteroatoms. The molecule has 0 amide bonds. The van der Waals surface area contributed by atoms with Gasteiger partial charge in [-0.3, -0.25) is 19.4 Å². The molecule has 0 aliphatic carbocycles. The highest BCUT2D eigenvalue weighted by molar-refractivity contribution is 7.99. The van der Waals surface area contributed by atoms with E-state index in [9.17, 15) is 14.4 Å². The number of hydrogen-bond acceptors (Lipinski definition) is 9. The van der Waals surface area contributed by atoms with Gasteiger partial charge in [-0.1, -0.05) is 0 Å². The molecule has 8 nitrogen and oxygen atoms in total. The van der Waals surface area contributed by atoms with Crippen LogP contribution in [0.5, 0.6) is 5.75 Å². The lowest BCUT2D eigenvalue weighted by Crippen LogP contribution is -2.55. The first-order valence-electron chi connectivity index (χ1n) is 7.56. The summed E-state index contributed by atoms with van der Waals surface area (Å²) in [5.41, 5.74) is -0.637. The van der Waals surface area contributed by atoms with Crippen molar-refractivity contribution in [3.63, 3.8) is 0 Å². The molecule has 0 saturated carbocycles. The number of esters is 3. The second-order valence-electron chi connectivity index (χ2n) is 5.30. The lowest BCUT2D eigenvalue weighted by Gasteiger charge is -2.39. The molecule has 1 aromatic rings. The van der Waals surface area contributed by atoms with Gasteiger partial charge >= 0.3 is 17.9 Å². The summed E-state index contributed by atoms with van der Waals surface area (Å²) < 4.78 is 21.7. The molecule has 2 heterocycles. The van der Waals surface area contributed by atoms with E-state index in [0.29, 0.717) is 11.5 Å². The Morgan fingerprint density at radius 1 is 0.960 bits per heavy atom. The highest BCUT2D eigenvalue weighted by atomic mass is 32.2. The van der Waals surface area contributed by atoms with Crippen LogP contribution in [-0.4, -0.2) is 52.4 Å². The van der Waals surface area contributed by atoms with Crippen molar-refractivity contribution in [3.05, 3.63) is 24.5 Å². The van der Waals surface area contributed by atoms with Crippen LogP contribution < -0.4 is 4.74 Å². The molecule has 0 spiro atoms. The summed E-state index contributed by atoms with van der Waals surface area (Å²) in [7, 11) is 0. The average molecular weight is 369 g/mol. The normalized spacial score (nSPS) is 25.6. The zero-order valence-corrected chi connectivity index (χ0v) is 14.9. The molecule has 1 fully saturated rings. The maximum atomic E-state index is 11.5. The minimum Gasteiger partial charge on any atom is -0.476 e. The topological polar surface area (TPSA) is 101 Å². The van der Waals surface area contributed by atoms with Gasteiger partial charge in [-0.2, -0.15) is 0 Å². The van der Waals surface area contributed by atoms with Crippen LogP contribution in [0.1, 0.15) is 20.8 Å². The number of ether oxygens (including phenoxy) is 4. The van der Waals surface area contributed by atoms with Crippen molar-refractivity contribution >= 4 is 29.7 Å². The third kappa shape index (κ3) is 5.63. The summed E-state index contributed by atoms with van der Waals surface area (Å²) in [4.78, 5) is 38.2. The second-order valence-corrected chi connectivity index (χ2v) is 6.43. The zero-order chi connectivity index (χ0) is 18.4. The van der Waals surface area contributed by atoms with Gasteiger partial charge in [0, 0.05) is 38.9 Å². The van der Waals surface area contributed by atoms with Gasteiger partial charge in [0.05, 0.1) is 0 Å². The van der Waals surface area contributed by atoms with Crippen LogP contribution in [0.4, 0.5) is 0 Å². The first-order valence-corrected chi connectivity index (χ1v) is 8.61. The predicted octanol–water partition coefficient (Wildman–Crippen LogP) is 1.33. The largest absolute Gasteiger partial charge is 0.476 e. The van der Waals surface area contributed by atoms with Gasteiger partial charge in [0.15, 0.2) is 23.7 Å². The van der Waals surface area contributed by atoms with E-state index in [0.717, 1.165) is 0 Å². The monoisotopic (exact) mass is 369 g/mol. The van der Waals surface area contributed by atoms with Crippen LogP contribution in [-0.2, 0) is 28.6 Å². The number of nitrogens with zero attached hydrogens (tertiary/aromatic N) is 1. The lowest BCUT2D eigenvalue weighted by atomic mass is 10.1. The number of carbonyl (C=O) groups is 3. The number of carbonyl (C=O) groups excluding carboxylic acids is 3. The Labute approximate surface area is 149 Å². The van der Waals surface area contributed by atoms with Crippen LogP contribution in [0.2, 0.25) is 0 Å². The maximum Gasteiger partial charge on any atom is 0.303 e. The van der Waals surface area contributed by atoms with E-state index in [1.165, 1.54) is 32.5 Å². The molecule has 1 aliphatic rings. The van der Waals surface area contributed by atoms with E-state index in [1.807, 2.05) is 0 Å². The summed E-state index contributed by atoms with van der Waals surface area (Å²) in [5, 5.41) is 0. The first-order chi connectivity index (χ1) is 11.9. The lowest BCUT2D eigenvalue weighted by molar-refractivity contribution is -0.186. The Bertz CT molecular complexity index is 624. The molecular formula is C16H19NO7S. The van der Waals surface area contributed by atoms with Gasteiger partial charge in [0.2, 0.25) is 0 Å². The van der Waals surface area contributed by atoms with Crippen LogP contribution in [0.3, 0.4) is 0 Å². The molecule has 0 N–H and O–H groups in total. The first kappa shape index (κ1) is 19.0. The van der Waals surface area contributed by atoms with Gasteiger partial charge in [0.1, 0.15) is 5.75 Å². The average Bonchev–Trinajstić information content (AvgIpc) is 2.52. The molecule has 0 radical (unpaired) electrons. The van der Waals surface area contributed by atoms with Gasteiger partial charge in [0.25, 0.3) is 0 Å². The van der Waals surface area contributed by atoms with Crippen LogP contribution in [0.25, 0.3) is 0 Å². The molecule has 25 heavy (non-hydrogen) atoms. The van der Waals surface area contributed by atoms with Gasteiger partial charge < -0.3 is 18.9 Å². The Balaban J connectivity index is 2.25. The van der Waals surface area contributed by atoms with Crippen LogP contribution in [0.15, 0.2) is 24.5 Å². The third-order valence-corrected chi connectivity index (χ3v) is 4.42. The molecule has 1 aromatic heterocycles. The van der Waals surface area contributed by atoms with Crippen molar-refractivity contribution in [3.8, 4) is 5.75 Å². The highest BCUT2D eigenvalue weighted by Crippen LogP contribution is 2.34. The number of pyridine rings is 1. The van der Waals surface area contributed by atoms with Gasteiger partial charge in [-0.05, 0) is 12.1 Å². The van der Waals surface area contributed by atoms with E-state index >= 15 is 0 Å². The molecule has 4 atom stereocenters. The molecule has 0 unspecified atom stereocenters. The maximum absolute atomic E-state index is 11.5. The fraction of sp³-hybridized carbons (Fsp3) is 0.500. The molecule has 2 rings (SSSR count). The molecule has 0 aromatic carbocycles. The number of aromatic nitrogens is 1. The Morgan fingerprint density at radius 3 is 2.08 bits per heavy atom. The van der Waals surface area contributed by atoms with E-state index in [4.69, 9.17) is 18.9 Å². The quantitative estimate of drug-likeness (QED) is 0.562. The summed E-state index contributed by atoms with van der Waals surface area (Å²) >= 11 is 1.30. The molecule has 1 aliphatic heterocycles. The SMILES string of the molecule is CC(=O)O[C@@H]1[C@@H](OC(C)=O)[C@H](OC(C)=O)CS[C@H]1Oc1ccncc1. The fourth-order valence-corrected chi connectivity index (χ4v) is 3.58. The number of thioether (sulfide) groups is 1. The van der Waals surface area contributed by atoms with Crippen molar-refractivity contribution < 1.29 is 33.3 Å². The number of rotatable bonds is 5. The highest BCUT2D eigenvalue weighted by Gasteiger charge is 2.47. The fourth-order valence-electron chi connectivity index (χ4n) is 2.36. The van der Waals surface area contributed by atoms with Crippen molar-refractivity contribution in [1.29, 1.82) is 0 Å². The Morgan fingerprint density at radius 2 is 1.52 bits per heavy atom. The summed E-state index contributed by atoms with van der Waals surface area (Å²) in [6.45, 7) is 3.74. The summed E-state index contributed by atoms with van der Waals surface area (Å²) in [6.07, 6.45) is 0.494. The smallest absolute Gasteiger partial charge is 0.303 e. The third-order valence-electron chi connectivity index (χ3n) is 3.21. The summed E-state index contributed by atoms with van der Waals surface area (Å²) in [5.74, 6) is -0.802. The Hall–Kier alpha value is -2.29. The van der Waals surface area contributed by atoms with Crippen molar-refractivity contribution in [2.75, 3.05) is 5.75 Å². The zero-order valence-electron chi connectivity index (χ0n) is 14.0. The molecule has 1 saturated heterocycles. The van der Waals surface area contributed by atoms with E-state index in [2.05, 4.69) is 4.98 Å². The summed E-state index contributed by atoms with van der Waals surface area (Å²) in [6, 6.07) is 3.31. The van der Waals surface area contributed by atoms with Crippen molar-refractivity contribution in [2.24, 2.45) is 0 Å². The van der Waals surface area contributed by atoms with Gasteiger partial charge in [-0.15, -0.1) is 11.8 Å². The van der Waals surface area contributed by atoms with Crippen molar-refractivity contribution in [1.82, 2.24) is 4.98 Å². The van der Waals surface area contributed by atoms with Crippen LogP contribution >= 0.6 is 11.8 Å². The minimum absolute atomic E-state index is 0.324. The van der Waals surface area contributed by atoms with E-state index in [-0.39, 0.29) is 0 Å². The van der Waals surface area contributed by atoms with E-state index in [1.54, 1.807) is 24.5 Å². The number of hydrogen-bond donors (Lipinski definition) is 0. The van der Waals surface area contributed by atoms with Crippen molar-refractivity contribution in [2.45, 2.75) is 44.5 Å². The molecular weight excluding hydrogens is 350 g/mol. The van der Waals surface area contributed by atoms with Gasteiger partial charge in [-0.25, -0.2) is 0 Å². The second kappa shape index (κ2) is 8.70. The van der Waals surface area contributed by atoms with E-state index < -0.39 is 41.7 Å². The standard InChI is InChI=1S/C16H19NO7S/c1-9(18)21-13-8-25-16(24-12-4-6-17-7-5-12)15(23-11(3)20)14(13)22-10(2)19/h4-7,13-16H,8H2,1-3H3/t13-,14+,15-,16-/m1/s1. The Kier molecular flexibility index (Phi) is 6.63. The molecule has 0 bridgehead atoms. The predicted molar refractivity (Wildman–Crippen MR) is 87.8 cm³/mol. The van der Waals surface area contributed by atoms with Crippen LogP contribution in [0, 0.1) is 0 Å². The molecule has 136 valence electrons.